The van der Waals surface area contributed by atoms with E-state index >= 15 is 0 Å². The molecule has 1 aliphatic rings. The first-order valence-electron chi connectivity index (χ1n) is 8.59. The number of anilines is 1. The van der Waals surface area contributed by atoms with Gasteiger partial charge in [-0.3, -0.25) is 9.20 Å². The zero-order valence-electron chi connectivity index (χ0n) is 14.1. The fourth-order valence-corrected chi connectivity index (χ4v) is 3.19. The third kappa shape index (κ3) is 3.20. The van der Waals surface area contributed by atoms with Gasteiger partial charge in [-0.15, -0.1) is 10.2 Å². The van der Waals surface area contributed by atoms with Gasteiger partial charge in [0, 0.05) is 6.20 Å². The highest BCUT2D eigenvalue weighted by molar-refractivity contribution is 6.05. The molecule has 1 aromatic carbocycles. The number of para-hydroxylation sites is 2. The summed E-state index contributed by atoms with van der Waals surface area (Å²) in [5.74, 6) is 1.29. The number of carbonyl (C=O) groups is 1. The molecule has 6 heteroatoms. The molecule has 3 aromatic rings. The molecular weight excluding hydrogens is 316 g/mol. The van der Waals surface area contributed by atoms with Gasteiger partial charge in [-0.1, -0.05) is 12.1 Å². The highest BCUT2D eigenvalue weighted by Crippen LogP contribution is 2.30. The van der Waals surface area contributed by atoms with E-state index in [2.05, 4.69) is 15.5 Å². The number of amides is 1. The van der Waals surface area contributed by atoms with Gasteiger partial charge in [-0.2, -0.15) is 0 Å². The van der Waals surface area contributed by atoms with Gasteiger partial charge in [0.1, 0.15) is 11.6 Å². The molecule has 0 aliphatic heterocycles. The molecule has 0 radical (unpaired) electrons. The second kappa shape index (κ2) is 6.55. The number of fused-ring (bicyclic) bond motifs is 1. The number of nitrogens with zero attached hydrogens (tertiary/aromatic N) is 3. The maximum atomic E-state index is 12.7. The van der Waals surface area contributed by atoms with E-state index in [1.165, 1.54) is 12.8 Å². The lowest BCUT2D eigenvalue weighted by Gasteiger charge is -2.17. The van der Waals surface area contributed by atoms with Crippen LogP contribution in [-0.4, -0.2) is 26.6 Å². The molecule has 25 heavy (non-hydrogen) atoms. The minimum absolute atomic E-state index is 0.183. The van der Waals surface area contributed by atoms with E-state index < -0.39 is 0 Å². The Hall–Kier alpha value is -2.89. The number of rotatable bonds is 4. The summed E-state index contributed by atoms with van der Waals surface area (Å²) in [4.78, 5) is 12.7. The number of hydrogen-bond donors (Lipinski definition) is 1. The van der Waals surface area contributed by atoms with Crippen molar-refractivity contribution in [2.24, 2.45) is 0 Å². The summed E-state index contributed by atoms with van der Waals surface area (Å²) in [5, 5.41) is 11.0. The predicted octanol–water partition coefficient (Wildman–Crippen LogP) is 3.61. The lowest BCUT2D eigenvalue weighted by Crippen LogP contribution is -2.16. The zero-order chi connectivity index (χ0) is 17.2. The van der Waals surface area contributed by atoms with Crippen LogP contribution in [0.3, 0.4) is 0 Å². The molecule has 2 aromatic heterocycles. The van der Waals surface area contributed by atoms with Gasteiger partial charge in [0.05, 0.1) is 17.4 Å². The summed E-state index contributed by atoms with van der Waals surface area (Å²) < 4.78 is 7.88. The van der Waals surface area contributed by atoms with E-state index in [9.17, 15) is 4.79 Å². The number of benzene rings is 1. The molecule has 6 nitrogen and oxygen atoms in total. The number of pyridine rings is 1. The molecule has 128 valence electrons. The van der Waals surface area contributed by atoms with Crippen LogP contribution >= 0.6 is 0 Å². The third-order valence-corrected chi connectivity index (χ3v) is 4.57. The van der Waals surface area contributed by atoms with Gasteiger partial charge in [-0.25, -0.2) is 0 Å². The number of aromatic nitrogens is 3. The Morgan fingerprint density at radius 1 is 1.16 bits per heavy atom. The van der Waals surface area contributed by atoms with Crippen molar-refractivity contribution in [2.45, 2.75) is 38.7 Å². The monoisotopic (exact) mass is 336 g/mol. The first-order valence-corrected chi connectivity index (χ1v) is 8.59. The lowest BCUT2D eigenvalue weighted by atomic mass is 10.2. The molecule has 0 bridgehead atoms. The maximum absolute atomic E-state index is 12.7. The van der Waals surface area contributed by atoms with Crippen molar-refractivity contribution in [3.8, 4) is 5.75 Å². The Morgan fingerprint density at radius 3 is 2.80 bits per heavy atom. The van der Waals surface area contributed by atoms with Crippen molar-refractivity contribution in [1.29, 1.82) is 0 Å². The average molecular weight is 336 g/mol. The van der Waals surface area contributed by atoms with Crippen LogP contribution in [0, 0.1) is 6.92 Å². The highest BCUT2D eigenvalue weighted by atomic mass is 16.5. The highest BCUT2D eigenvalue weighted by Gasteiger charge is 2.18. The van der Waals surface area contributed by atoms with Gasteiger partial charge < -0.3 is 10.1 Å². The Labute approximate surface area is 145 Å². The zero-order valence-corrected chi connectivity index (χ0v) is 14.1. The molecule has 4 rings (SSSR count). The fraction of sp³-hybridized carbons (Fsp3) is 0.316. The van der Waals surface area contributed by atoms with Crippen molar-refractivity contribution in [3.63, 3.8) is 0 Å². The minimum atomic E-state index is -0.183. The molecule has 0 unspecified atom stereocenters. The summed E-state index contributed by atoms with van der Waals surface area (Å²) in [5.41, 5.74) is 1.96. The lowest BCUT2D eigenvalue weighted by molar-refractivity contribution is 0.102. The van der Waals surface area contributed by atoms with Crippen LogP contribution in [0.1, 0.15) is 41.9 Å². The van der Waals surface area contributed by atoms with Gasteiger partial charge in [0.2, 0.25) is 0 Å². The quantitative estimate of drug-likeness (QED) is 0.790. The van der Waals surface area contributed by atoms with E-state index in [4.69, 9.17) is 4.74 Å². The van der Waals surface area contributed by atoms with Gasteiger partial charge in [0.15, 0.2) is 5.65 Å². The molecule has 1 N–H and O–H groups in total. The first kappa shape index (κ1) is 15.6. The minimum Gasteiger partial charge on any atom is -0.488 e. The average Bonchev–Trinajstić information content (AvgIpc) is 3.26. The van der Waals surface area contributed by atoms with Crippen molar-refractivity contribution in [2.75, 3.05) is 5.32 Å². The van der Waals surface area contributed by atoms with Crippen LogP contribution < -0.4 is 10.1 Å². The van der Waals surface area contributed by atoms with Crippen LogP contribution in [0.25, 0.3) is 5.65 Å². The summed E-state index contributed by atoms with van der Waals surface area (Å²) in [6.07, 6.45) is 6.56. The number of nitrogens with one attached hydrogen (secondary N) is 1. The molecule has 1 saturated carbocycles. The van der Waals surface area contributed by atoms with Crippen LogP contribution in [0.5, 0.6) is 5.75 Å². The Kier molecular flexibility index (Phi) is 4.09. The summed E-state index contributed by atoms with van der Waals surface area (Å²) in [6, 6.07) is 11.1. The first-order chi connectivity index (χ1) is 12.2. The Balaban J connectivity index is 1.56. The van der Waals surface area contributed by atoms with Crippen LogP contribution in [0.4, 0.5) is 5.69 Å². The van der Waals surface area contributed by atoms with Crippen molar-refractivity contribution in [3.05, 3.63) is 54.0 Å². The second-order valence-electron chi connectivity index (χ2n) is 6.37. The molecule has 0 spiro atoms. The van der Waals surface area contributed by atoms with Gasteiger partial charge >= 0.3 is 0 Å². The molecule has 2 heterocycles. The Morgan fingerprint density at radius 2 is 1.96 bits per heavy atom. The smallest absolute Gasteiger partial charge is 0.257 e. The predicted molar refractivity (Wildman–Crippen MR) is 95.0 cm³/mol. The molecule has 1 fully saturated rings. The summed E-state index contributed by atoms with van der Waals surface area (Å²) >= 11 is 0. The largest absolute Gasteiger partial charge is 0.488 e. The van der Waals surface area contributed by atoms with Crippen LogP contribution in [0.2, 0.25) is 0 Å². The summed E-state index contributed by atoms with van der Waals surface area (Å²) in [7, 11) is 0. The van der Waals surface area contributed by atoms with Crippen LogP contribution in [-0.2, 0) is 0 Å². The molecule has 0 saturated heterocycles. The van der Waals surface area contributed by atoms with E-state index in [1.54, 1.807) is 22.7 Å². The van der Waals surface area contributed by atoms with E-state index in [0.717, 1.165) is 30.1 Å². The van der Waals surface area contributed by atoms with E-state index in [1.807, 2.05) is 31.2 Å². The standard InChI is InChI=1S/C19H20N4O2/c1-13-21-22-18-11-10-14(12-23(13)18)19(24)20-16-8-4-5-9-17(16)25-15-6-2-3-7-15/h4-5,8-12,15H,2-3,6-7H2,1H3,(H,20,24). The fourth-order valence-electron chi connectivity index (χ4n) is 3.19. The van der Waals surface area contributed by atoms with E-state index in [-0.39, 0.29) is 12.0 Å². The number of ether oxygens (including phenoxy) is 1. The Bertz CT molecular complexity index is 913. The van der Waals surface area contributed by atoms with Crippen molar-refractivity contribution >= 4 is 17.2 Å². The third-order valence-electron chi connectivity index (χ3n) is 4.57. The number of hydrogen-bond acceptors (Lipinski definition) is 4. The van der Waals surface area contributed by atoms with Crippen molar-refractivity contribution in [1.82, 2.24) is 14.6 Å². The molecule has 1 amide bonds. The molecular formula is C19H20N4O2. The SMILES string of the molecule is Cc1nnc2ccc(C(=O)Nc3ccccc3OC3CCCC3)cn12. The van der Waals surface area contributed by atoms with Crippen LogP contribution in [0.15, 0.2) is 42.6 Å². The normalized spacial score (nSPS) is 14.8. The summed E-state index contributed by atoms with van der Waals surface area (Å²) in [6.45, 7) is 1.85. The number of aryl methyl sites for hydroxylation is 1. The number of carbonyl (C=O) groups excluding carboxylic acids is 1. The topological polar surface area (TPSA) is 68.5 Å². The van der Waals surface area contributed by atoms with Gasteiger partial charge in [-0.05, 0) is 56.9 Å². The van der Waals surface area contributed by atoms with E-state index in [0.29, 0.717) is 11.3 Å². The maximum Gasteiger partial charge on any atom is 0.257 e. The molecule has 1 aliphatic carbocycles. The molecule has 0 atom stereocenters. The second-order valence-corrected chi connectivity index (χ2v) is 6.37. The van der Waals surface area contributed by atoms with Gasteiger partial charge in [0.25, 0.3) is 5.91 Å². The van der Waals surface area contributed by atoms with Crippen molar-refractivity contribution < 1.29 is 9.53 Å².